The second-order valence-electron chi connectivity index (χ2n) is 4.12. The molecule has 0 saturated heterocycles. The Kier molecular flexibility index (Phi) is 4.22. The summed E-state index contributed by atoms with van der Waals surface area (Å²) in [6, 6.07) is 3.32. The molecule has 0 spiro atoms. The van der Waals surface area contributed by atoms with E-state index in [1.54, 1.807) is 0 Å². The van der Waals surface area contributed by atoms with Crippen molar-refractivity contribution < 1.29 is 22.7 Å². The molecule has 2 rings (SSSR count). The minimum atomic E-state index is -4.11. The Hall–Kier alpha value is -1.64. The van der Waals surface area contributed by atoms with Crippen molar-refractivity contribution in [2.24, 2.45) is 0 Å². The molecule has 2 N–H and O–H groups in total. The molecule has 0 amide bonds. The van der Waals surface area contributed by atoms with Crippen molar-refractivity contribution in [1.29, 1.82) is 0 Å². The van der Waals surface area contributed by atoms with Crippen molar-refractivity contribution in [2.75, 3.05) is 4.72 Å². The van der Waals surface area contributed by atoms with Crippen LogP contribution in [0.2, 0.25) is 5.02 Å². The molecule has 2 aromatic rings. The van der Waals surface area contributed by atoms with Crippen LogP contribution in [0, 0.1) is 12.7 Å². The normalized spacial score (nSPS) is 11.4. The standard InChI is InChI=1S/C12H9ClFNO4S2/c1-6-5-20-10(12(16)17)11(6)21(18,19)15-7-2-3-9(14)8(13)4-7/h2-5,15H,1H3,(H,16,17). The number of nitrogens with one attached hydrogen (secondary N) is 1. The molecule has 1 aromatic carbocycles. The van der Waals surface area contributed by atoms with E-state index in [9.17, 15) is 17.6 Å². The van der Waals surface area contributed by atoms with Crippen LogP contribution in [0.1, 0.15) is 15.2 Å². The van der Waals surface area contributed by atoms with Crippen molar-refractivity contribution >= 4 is 44.6 Å². The second kappa shape index (κ2) is 5.63. The van der Waals surface area contributed by atoms with Gasteiger partial charge >= 0.3 is 5.97 Å². The van der Waals surface area contributed by atoms with Gasteiger partial charge in [0, 0.05) is 0 Å². The van der Waals surface area contributed by atoms with E-state index in [0.717, 1.165) is 23.5 Å². The molecule has 0 aliphatic carbocycles. The molecule has 0 unspecified atom stereocenters. The van der Waals surface area contributed by atoms with E-state index in [1.807, 2.05) is 0 Å². The van der Waals surface area contributed by atoms with Crippen LogP contribution in [0.4, 0.5) is 10.1 Å². The van der Waals surface area contributed by atoms with Gasteiger partial charge in [0.25, 0.3) is 10.0 Å². The summed E-state index contributed by atoms with van der Waals surface area (Å²) in [4.78, 5) is 10.5. The molecule has 0 radical (unpaired) electrons. The van der Waals surface area contributed by atoms with Crippen LogP contribution in [0.5, 0.6) is 0 Å². The molecular weight excluding hydrogens is 341 g/mol. The van der Waals surface area contributed by atoms with Crippen LogP contribution in [0.3, 0.4) is 0 Å². The molecule has 21 heavy (non-hydrogen) atoms. The number of hydrogen-bond acceptors (Lipinski definition) is 4. The lowest BCUT2D eigenvalue weighted by molar-refractivity contribution is 0.0698. The highest BCUT2D eigenvalue weighted by molar-refractivity contribution is 7.93. The predicted octanol–water partition coefficient (Wildman–Crippen LogP) is 3.35. The van der Waals surface area contributed by atoms with Crippen LogP contribution in [0.25, 0.3) is 0 Å². The summed E-state index contributed by atoms with van der Waals surface area (Å²) in [5, 5.41) is 10.2. The van der Waals surface area contributed by atoms with E-state index in [0.29, 0.717) is 5.56 Å². The topological polar surface area (TPSA) is 83.5 Å². The summed E-state index contributed by atoms with van der Waals surface area (Å²) in [5.74, 6) is -2.01. The van der Waals surface area contributed by atoms with Crippen LogP contribution in [-0.4, -0.2) is 19.5 Å². The van der Waals surface area contributed by atoms with E-state index in [2.05, 4.69) is 4.72 Å². The Bertz CT molecular complexity index is 817. The SMILES string of the molecule is Cc1csc(C(=O)O)c1S(=O)(=O)Nc1ccc(F)c(Cl)c1. The van der Waals surface area contributed by atoms with E-state index >= 15 is 0 Å². The molecule has 0 fully saturated rings. The monoisotopic (exact) mass is 349 g/mol. The fourth-order valence-corrected chi connectivity index (χ4v) is 4.54. The predicted molar refractivity (Wildman–Crippen MR) is 78.2 cm³/mol. The zero-order chi connectivity index (χ0) is 15.8. The summed E-state index contributed by atoms with van der Waals surface area (Å²) < 4.78 is 39.8. The maximum Gasteiger partial charge on any atom is 0.347 e. The molecule has 0 aliphatic heterocycles. The zero-order valence-electron chi connectivity index (χ0n) is 10.6. The van der Waals surface area contributed by atoms with Crippen molar-refractivity contribution in [3.8, 4) is 0 Å². The number of thiophene rings is 1. The average Bonchev–Trinajstić information content (AvgIpc) is 2.76. The van der Waals surface area contributed by atoms with Gasteiger partial charge in [0.2, 0.25) is 0 Å². The fraction of sp³-hybridized carbons (Fsp3) is 0.0833. The van der Waals surface area contributed by atoms with Crippen LogP contribution >= 0.6 is 22.9 Å². The second-order valence-corrected chi connectivity index (χ2v) is 7.02. The first-order valence-corrected chi connectivity index (χ1v) is 8.25. The van der Waals surface area contributed by atoms with E-state index in [1.165, 1.54) is 18.4 Å². The van der Waals surface area contributed by atoms with Gasteiger partial charge in [0.05, 0.1) is 10.7 Å². The number of halogens is 2. The van der Waals surface area contributed by atoms with Gasteiger partial charge in [-0.1, -0.05) is 11.6 Å². The highest BCUT2D eigenvalue weighted by Crippen LogP contribution is 2.29. The largest absolute Gasteiger partial charge is 0.477 e. The summed E-state index contributed by atoms with van der Waals surface area (Å²) in [5.41, 5.74) is 0.362. The molecule has 0 bridgehead atoms. The minimum Gasteiger partial charge on any atom is -0.477 e. The van der Waals surface area contributed by atoms with E-state index in [-0.39, 0.29) is 20.5 Å². The number of rotatable bonds is 4. The minimum absolute atomic E-state index is 0.0448. The molecule has 1 heterocycles. The Morgan fingerprint density at radius 1 is 1.43 bits per heavy atom. The molecular formula is C12H9ClFNO4S2. The number of hydrogen-bond donors (Lipinski definition) is 2. The van der Waals surface area contributed by atoms with E-state index < -0.39 is 21.8 Å². The number of benzene rings is 1. The lowest BCUT2D eigenvalue weighted by Crippen LogP contribution is -2.16. The number of aromatic carboxylic acids is 1. The van der Waals surface area contributed by atoms with Crippen molar-refractivity contribution in [2.45, 2.75) is 11.8 Å². The third kappa shape index (κ3) is 3.17. The van der Waals surface area contributed by atoms with Crippen molar-refractivity contribution in [1.82, 2.24) is 0 Å². The molecule has 9 heteroatoms. The van der Waals surface area contributed by atoms with Gasteiger partial charge in [-0.3, -0.25) is 4.72 Å². The molecule has 112 valence electrons. The lowest BCUT2D eigenvalue weighted by atomic mass is 10.3. The van der Waals surface area contributed by atoms with Gasteiger partial charge in [0.1, 0.15) is 15.6 Å². The van der Waals surface area contributed by atoms with Crippen LogP contribution < -0.4 is 4.72 Å². The quantitative estimate of drug-likeness (QED) is 0.886. The lowest BCUT2D eigenvalue weighted by Gasteiger charge is -2.09. The van der Waals surface area contributed by atoms with Crippen molar-refractivity contribution in [3.63, 3.8) is 0 Å². The zero-order valence-corrected chi connectivity index (χ0v) is 12.9. The smallest absolute Gasteiger partial charge is 0.347 e. The van der Waals surface area contributed by atoms with Gasteiger partial charge < -0.3 is 5.11 Å². The Labute approximate surface area is 129 Å². The average molecular weight is 350 g/mol. The van der Waals surface area contributed by atoms with Gasteiger partial charge in [-0.2, -0.15) is 0 Å². The first-order chi connectivity index (χ1) is 9.72. The van der Waals surface area contributed by atoms with Crippen LogP contribution in [0.15, 0.2) is 28.5 Å². The first-order valence-electron chi connectivity index (χ1n) is 5.51. The molecule has 0 saturated carbocycles. The van der Waals surface area contributed by atoms with Gasteiger partial charge in [-0.15, -0.1) is 11.3 Å². The third-order valence-corrected chi connectivity index (χ3v) is 5.63. The number of carboxylic acid groups (broad SMARTS) is 1. The molecule has 0 atom stereocenters. The third-order valence-electron chi connectivity index (χ3n) is 2.55. The van der Waals surface area contributed by atoms with E-state index in [4.69, 9.17) is 16.7 Å². The summed E-state index contributed by atoms with van der Waals surface area (Å²) >= 11 is 6.40. The maximum atomic E-state index is 13.1. The summed E-state index contributed by atoms with van der Waals surface area (Å²) in [6.07, 6.45) is 0. The van der Waals surface area contributed by atoms with Gasteiger partial charge in [-0.25, -0.2) is 17.6 Å². The summed E-state index contributed by atoms with van der Waals surface area (Å²) in [7, 11) is -4.11. The molecule has 1 aromatic heterocycles. The summed E-state index contributed by atoms with van der Waals surface area (Å²) in [6.45, 7) is 1.50. The fourth-order valence-electron chi connectivity index (χ4n) is 1.68. The number of carboxylic acids is 1. The maximum absolute atomic E-state index is 13.1. The number of carbonyl (C=O) groups is 1. The Balaban J connectivity index is 2.45. The Morgan fingerprint density at radius 3 is 2.67 bits per heavy atom. The first kappa shape index (κ1) is 15.7. The Morgan fingerprint density at radius 2 is 2.10 bits per heavy atom. The molecule has 0 aliphatic rings. The van der Waals surface area contributed by atoms with Gasteiger partial charge in [-0.05, 0) is 36.1 Å². The highest BCUT2D eigenvalue weighted by Gasteiger charge is 2.27. The number of anilines is 1. The van der Waals surface area contributed by atoms with Gasteiger partial charge in [0.15, 0.2) is 0 Å². The van der Waals surface area contributed by atoms with Crippen LogP contribution in [-0.2, 0) is 10.0 Å². The highest BCUT2D eigenvalue weighted by atomic mass is 35.5. The number of aryl methyl sites for hydroxylation is 1. The molecule has 5 nitrogen and oxygen atoms in total. The number of sulfonamides is 1. The van der Waals surface area contributed by atoms with Crippen molar-refractivity contribution in [3.05, 3.63) is 44.9 Å².